The van der Waals surface area contributed by atoms with Crippen LogP contribution in [-0.4, -0.2) is 40.4 Å². The number of carbonyl (C=O) groups excluding carboxylic acids is 1. The molecule has 1 aliphatic rings. The van der Waals surface area contributed by atoms with Crippen molar-refractivity contribution >= 4 is 21.8 Å². The lowest BCUT2D eigenvalue weighted by Gasteiger charge is -2.21. The molecule has 3 nitrogen and oxygen atoms in total. The van der Waals surface area contributed by atoms with Gasteiger partial charge in [0.2, 0.25) is 5.91 Å². The van der Waals surface area contributed by atoms with Crippen molar-refractivity contribution in [3.8, 4) is 0 Å². The summed E-state index contributed by atoms with van der Waals surface area (Å²) in [7, 11) is 0. The number of alkyl halides is 1. The van der Waals surface area contributed by atoms with Crippen molar-refractivity contribution in [2.45, 2.75) is 26.4 Å². The summed E-state index contributed by atoms with van der Waals surface area (Å²) in [6.45, 7) is 5.13. The Kier molecular flexibility index (Phi) is 3.35. The van der Waals surface area contributed by atoms with Gasteiger partial charge in [0.15, 0.2) is 0 Å². The molecule has 0 aliphatic carbocycles. The first-order valence-electron chi connectivity index (χ1n) is 4.51. The number of hydrogen-bond donors (Lipinski definition) is 1. The van der Waals surface area contributed by atoms with Gasteiger partial charge in [0.25, 0.3) is 0 Å². The number of rotatable bonds is 3. The number of hydrogen-bond acceptors (Lipinski definition) is 2. The Hall–Kier alpha value is -0.0900. The smallest absolute Gasteiger partial charge is 0.228 e. The second kappa shape index (κ2) is 3.96. The lowest BCUT2D eigenvalue weighted by Crippen LogP contribution is -2.37. The SMILES string of the molecule is CC1(C)CCN(CC(O)CBr)C1=O. The van der Waals surface area contributed by atoms with Crippen molar-refractivity contribution in [3.63, 3.8) is 0 Å². The summed E-state index contributed by atoms with van der Waals surface area (Å²) in [4.78, 5) is 13.4. The normalized spacial score (nSPS) is 23.7. The number of carbonyl (C=O) groups is 1. The number of β-amino-alcohol motifs (C(OH)–C–C–N with tert-alkyl or cyclic N) is 1. The van der Waals surface area contributed by atoms with Crippen LogP contribution in [-0.2, 0) is 4.79 Å². The van der Waals surface area contributed by atoms with E-state index in [1.54, 1.807) is 4.90 Å². The highest BCUT2D eigenvalue weighted by molar-refractivity contribution is 9.09. The fourth-order valence-electron chi connectivity index (χ4n) is 1.53. The van der Waals surface area contributed by atoms with Crippen molar-refractivity contribution in [3.05, 3.63) is 0 Å². The van der Waals surface area contributed by atoms with Crippen LogP contribution >= 0.6 is 15.9 Å². The molecule has 0 aromatic rings. The zero-order valence-corrected chi connectivity index (χ0v) is 9.67. The Labute approximate surface area is 87.2 Å². The summed E-state index contributed by atoms with van der Waals surface area (Å²) in [5.74, 6) is 0.160. The van der Waals surface area contributed by atoms with Gasteiger partial charge in [-0.3, -0.25) is 4.79 Å². The summed E-state index contributed by atoms with van der Waals surface area (Å²) < 4.78 is 0. The molecule has 1 amide bonds. The quantitative estimate of drug-likeness (QED) is 0.759. The molecular weight excluding hydrogens is 234 g/mol. The molecule has 76 valence electrons. The van der Waals surface area contributed by atoms with Gasteiger partial charge in [-0.15, -0.1) is 0 Å². The van der Waals surface area contributed by atoms with E-state index in [9.17, 15) is 9.90 Å². The van der Waals surface area contributed by atoms with E-state index in [-0.39, 0.29) is 11.3 Å². The fraction of sp³-hybridized carbons (Fsp3) is 0.889. The number of halogens is 1. The van der Waals surface area contributed by atoms with Crippen LogP contribution in [0, 0.1) is 5.41 Å². The molecule has 1 heterocycles. The second-order valence-electron chi connectivity index (χ2n) is 4.19. The molecule has 1 unspecified atom stereocenters. The molecular formula is C9H16BrNO2. The molecule has 0 bridgehead atoms. The van der Waals surface area contributed by atoms with Gasteiger partial charge in [0.1, 0.15) is 0 Å². The number of amides is 1. The second-order valence-corrected chi connectivity index (χ2v) is 4.84. The Morgan fingerprint density at radius 2 is 2.31 bits per heavy atom. The van der Waals surface area contributed by atoms with Gasteiger partial charge in [-0.25, -0.2) is 0 Å². The maximum absolute atomic E-state index is 11.7. The highest BCUT2D eigenvalue weighted by Gasteiger charge is 2.38. The fourth-order valence-corrected chi connectivity index (χ4v) is 1.73. The molecule has 1 rings (SSSR count). The molecule has 1 aliphatic heterocycles. The molecule has 4 heteroatoms. The first-order chi connectivity index (χ1) is 5.97. The topological polar surface area (TPSA) is 40.5 Å². The molecule has 0 aromatic heterocycles. The largest absolute Gasteiger partial charge is 0.390 e. The average Bonchev–Trinajstić information content (AvgIpc) is 2.32. The zero-order valence-electron chi connectivity index (χ0n) is 8.09. The van der Waals surface area contributed by atoms with Gasteiger partial charge in [-0.2, -0.15) is 0 Å². The van der Waals surface area contributed by atoms with Crippen LogP contribution in [0.15, 0.2) is 0 Å². The summed E-state index contributed by atoms with van der Waals surface area (Å²) in [6.07, 6.45) is 0.443. The summed E-state index contributed by atoms with van der Waals surface area (Å²) >= 11 is 3.18. The monoisotopic (exact) mass is 249 g/mol. The Morgan fingerprint density at radius 3 is 2.69 bits per heavy atom. The maximum Gasteiger partial charge on any atom is 0.228 e. The van der Waals surface area contributed by atoms with E-state index in [1.807, 2.05) is 13.8 Å². The minimum atomic E-state index is -0.446. The zero-order chi connectivity index (χ0) is 10.1. The highest BCUT2D eigenvalue weighted by atomic mass is 79.9. The molecule has 1 saturated heterocycles. The number of aliphatic hydroxyl groups is 1. The molecule has 0 aromatic carbocycles. The van der Waals surface area contributed by atoms with E-state index < -0.39 is 6.10 Å². The third-order valence-electron chi connectivity index (χ3n) is 2.48. The van der Waals surface area contributed by atoms with Crippen LogP contribution in [0.2, 0.25) is 0 Å². The van der Waals surface area contributed by atoms with E-state index in [0.29, 0.717) is 11.9 Å². The van der Waals surface area contributed by atoms with Crippen LogP contribution < -0.4 is 0 Å². The molecule has 1 atom stereocenters. The molecule has 1 N–H and O–H groups in total. The van der Waals surface area contributed by atoms with E-state index in [2.05, 4.69) is 15.9 Å². The van der Waals surface area contributed by atoms with Crippen molar-refractivity contribution in [2.24, 2.45) is 5.41 Å². The van der Waals surface area contributed by atoms with Crippen molar-refractivity contribution < 1.29 is 9.90 Å². The maximum atomic E-state index is 11.7. The van der Waals surface area contributed by atoms with Crippen molar-refractivity contribution in [1.29, 1.82) is 0 Å². The molecule has 0 saturated carbocycles. The van der Waals surface area contributed by atoms with E-state index >= 15 is 0 Å². The third-order valence-corrected chi connectivity index (χ3v) is 3.23. The number of aliphatic hydroxyl groups excluding tert-OH is 1. The molecule has 13 heavy (non-hydrogen) atoms. The van der Waals surface area contributed by atoms with Gasteiger partial charge in [-0.1, -0.05) is 29.8 Å². The minimum Gasteiger partial charge on any atom is -0.390 e. The van der Waals surface area contributed by atoms with E-state index in [4.69, 9.17) is 0 Å². The third kappa shape index (κ3) is 2.44. The Morgan fingerprint density at radius 1 is 1.69 bits per heavy atom. The number of nitrogens with zero attached hydrogens (tertiary/aromatic N) is 1. The standard InChI is InChI=1S/C9H16BrNO2/c1-9(2)3-4-11(8(9)13)6-7(12)5-10/h7,12H,3-6H2,1-2H3. The number of likely N-dealkylation sites (tertiary alicyclic amines) is 1. The molecule has 0 spiro atoms. The van der Waals surface area contributed by atoms with Crippen LogP contribution in [0.1, 0.15) is 20.3 Å². The predicted octanol–water partition coefficient (Wildman–Crippen LogP) is 1.00. The Balaban J connectivity index is 2.51. The summed E-state index contributed by atoms with van der Waals surface area (Å²) in [5.41, 5.74) is -0.230. The van der Waals surface area contributed by atoms with Gasteiger partial charge < -0.3 is 10.0 Å². The van der Waals surface area contributed by atoms with Crippen LogP contribution in [0.5, 0.6) is 0 Å². The lowest BCUT2D eigenvalue weighted by molar-refractivity contribution is -0.135. The Bertz CT molecular complexity index is 206. The van der Waals surface area contributed by atoms with Crippen LogP contribution in [0.3, 0.4) is 0 Å². The van der Waals surface area contributed by atoms with Gasteiger partial charge in [-0.05, 0) is 6.42 Å². The van der Waals surface area contributed by atoms with E-state index in [0.717, 1.165) is 13.0 Å². The lowest BCUT2D eigenvalue weighted by atomic mass is 9.92. The van der Waals surface area contributed by atoms with E-state index in [1.165, 1.54) is 0 Å². The first kappa shape index (κ1) is 11.0. The summed E-state index contributed by atoms with van der Waals surface area (Å²) in [6, 6.07) is 0. The average molecular weight is 250 g/mol. The molecule has 1 fully saturated rings. The van der Waals surface area contributed by atoms with Crippen molar-refractivity contribution in [2.75, 3.05) is 18.4 Å². The first-order valence-corrected chi connectivity index (χ1v) is 5.63. The van der Waals surface area contributed by atoms with Gasteiger partial charge >= 0.3 is 0 Å². The van der Waals surface area contributed by atoms with Crippen LogP contribution in [0.25, 0.3) is 0 Å². The predicted molar refractivity (Wildman–Crippen MR) is 54.8 cm³/mol. The highest BCUT2D eigenvalue weighted by Crippen LogP contribution is 2.30. The molecule has 0 radical (unpaired) electrons. The minimum absolute atomic E-state index is 0.160. The van der Waals surface area contributed by atoms with Crippen molar-refractivity contribution in [1.82, 2.24) is 4.90 Å². The summed E-state index contributed by atoms with van der Waals surface area (Å²) in [5, 5.41) is 9.89. The van der Waals surface area contributed by atoms with Gasteiger partial charge in [0, 0.05) is 23.8 Å². The van der Waals surface area contributed by atoms with Gasteiger partial charge in [0.05, 0.1) is 6.10 Å². The van der Waals surface area contributed by atoms with Crippen LogP contribution in [0.4, 0.5) is 0 Å².